The summed E-state index contributed by atoms with van der Waals surface area (Å²) in [7, 11) is 1.58. The molecule has 3 heterocycles. The molecule has 0 saturated heterocycles. The highest BCUT2D eigenvalue weighted by atomic mass is 35.5. The molecule has 0 amide bonds. The maximum absolute atomic E-state index is 5.90. The fraction of sp³-hybridized carbons (Fsp3) is 0.333. The molecule has 110 valence electrons. The normalized spacial score (nSPS) is 12.9. The van der Waals surface area contributed by atoms with Gasteiger partial charge < -0.3 is 14.2 Å². The van der Waals surface area contributed by atoms with Gasteiger partial charge in [0, 0.05) is 13.3 Å². The van der Waals surface area contributed by atoms with Crippen LogP contribution in [-0.4, -0.2) is 32.2 Å². The third kappa shape index (κ3) is 3.17. The Balaban J connectivity index is 1.76. The monoisotopic (exact) mass is 325 g/mol. The van der Waals surface area contributed by atoms with Gasteiger partial charge in [-0.05, 0) is 13.0 Å². The minimum atomic E-state index is -0.0425. The van der Waals surface area contributed by atoms with Crippen LogP contribution in [0.5, 0.6) is 0 Å². The number of hydrogen-bond acceptors (Lipinski definition) is 7. The van der Waals surface area contributed by atoms with Gasteiger partial charge in [-0.3, -0.25) is 0 Å². The van der Waals surface area contributed by atoms with E-state index in [9.17, 15) is 0 Å². The predicted octanol–water partition coefficient (Wildman–Crippen LogP) is 2.99. The third-order valence-corrected chi connectivity index (χ3v) is 3.85. The molecule has 1 atom stereocenters. The Morgan fingerprint density at radius 2 is 2.33 bits per heavy atom. The van der Waals surface area contributed by atoms with Crippen LogP contribution >= 0.6 is 23.4 Å². The first-order valence-corrected chi connectivity index (χ1v) is 7.41. The van der Waals surface area contributed by atoms with E-state index < -0.39 is 0 Å². The number of rotatable bonds is 5. The number of fused-ring (bicyclic) bond motifs is 1. The Morgan fingerprint density at radius 3 is 3.14 bits per heavy atom. The van der Waals surface area contributed by atoms with Crippen LogP contribution < -0.4 is 0 Å². The van der Waals surface area contributed by atoms with Crippen molar-refractivity contribution in [1.29, 1.82) is 0 Å². The van der Waals surface area contributed by atoms with Gasteiger partial charge >= 0.3 is 0 Å². The molecule has 0 bridgehead atoms. The van der Waals surface area contributed by atoms with Crippen LogP contribution in [0.3, 0.4) is 0 Å². The van der Waals surface area contributed by atoms with Crippen molar-refractivity contribution in [2.75, 3.05) is 7.11 Å². The number of imidazole rings is 1. The van der Waals surface area contributed by atoms with Crippen LogP contribution in [0.15, 0.2) is 21.9 Å². The standard InChI is InChI=1S/C12H12ClN5O2S/c1-6(11-16-9(5-19-2)18-20-11)21-12-15-8-3-7(13)4-14-10(8)17-12/h3-4,6H,5H2,1-2H3,(H,14,15,17)/t6-/m1/s1. The SMILES string of the molecule is COCc1noc([C@@H](C)Sc2nc3ncc(Cl)cc3[nH]2)n1. The van der Waals surface area contributed by atoms with Crippen molar-refractivity contribution in [1.82, 2.24) is 25.1 Å². The molecule has 3 aromatic rings. The number of aromatic amines is 1. The molecule has 3 aromatic heterocycles. The molecule has 0 unspecified atom stereocenters. The fourth-order valence-corrected chi connectivity index (χ4v) is 2.74. The maximum atomic E-state index is 5.90. The summed E-state index contributed by atoms with van der Waals surface area (Å²) < 4.78 is 10.2. The highest BCUT2D eigenvalue weighted by Crippen LogP contribution is 2.33. The average molecular weight is 326 g/mol. The van der Waals surface area contributed by atoms with Gasteiger partial charge in [0.2, 0.25) is 5.89 Å². The summed E-state index contributed by atoms with van der Waals surface area (Å²) in [6.07, 6.45) is 1.57. The molecular formula is C12H12ClN5O2S. The molecule has 0 saturated carbocycles. The van der Waals surface area contributed by atoms with E-state index in [0.717, 1.165) is 10.7 Å². The Labute approximate surface area is 129 Å². The summed E-state index contributed by atoms with van der Waals surface area (Å²) >= 11 is 7.37. The third-order valence-electron chi connectivity index (χ3n) is 2.68. The number of ether oxygens (including phenoxy) is 1. The Morgan fingerprint density at radius 1 is 1.48 bits per heavy atom. The summed E-state index contributed by atoms with van der Waals surface area (Å²) in [4.78, 5) is 16.0. The molecule has 1 N–H and O–H groups in total. The van der Waals surface area contributed by atoms with Crippen molar-refractivity contribution in [3.8, 4) is 0 Å². The number of nitrogens with zero attached hydrogens (tertiary/aromatic N) is 4. The lowest BCUT2D eigenvalue weighted by molar-refractivity contribution is 0.174. The van der Waals surface area contributed by atoms with E-state index >= 15 is 0 Å². The first-order valence-electron chi connectivity index (χ1n) is 6.15. The second kappa shape index (κ2) is 6.00. The molecule has 0 fully saturated rings. The van der Waals surface area contributed by atoms with Gasteiger partial charge in [-0.1, -0.05) is 28.5 Å². The summed E-state index contributed by atoms with van der Waals surface area (Å²) in [5, 5.41) is 5.08. The van der Waals surface area contributed by atoms with E-state index in [1.165, 1.54) is 11.8 Å². The number of hydrogen-bond donors (Lipinski definition) is 1. The number of aromatic nitrogens is 5. The first-order chi connectivity index (χ1) is 10.2. The number of H-pyrrole nitrogens is 1. The molecule has 0 aliphatic heterocycles. The quantitative estimate of drug-likeness (QED) is 0.721. The second-order valence-corrected chi connectivity index (χ2v) is 6.07. The van der Waals surface area contributed by atoms with E-state index in [-0.39, 0.29) is 5.25 Å². The summed E-state index contributed by atoms with van der Waals surface area (Å²) in [6.45, 7) is 2.29. The van der Waals surface area contributed by atoms with E-state index in [4.69, 9.17) is 20.9 Å². The van der Waals surface area contributed by atoms with E-state index in [1.807, 2.05) is 6.92 Å². The van der Waals surface area contributed by atoms with Crippen molar-refractivity contribution in [2.24, 2.45) is 0 Å². The van der Waals surface area contributed by atoms with Crippen LogP contribution in [0, 0.1) is 0 Å². The number of nitrogens with one attached hydrogen (secondary N) is 1. The molecule has 7 nitrogen and oxygen atoms in total. The van der Waals surface area contributed by atoms with Gasteiger partial charge in [0.15, 0.2) is 16.6 Å². The topological polar surface area (TPSA) is 89.7 Å². The highest BCUT2D eigenvalue weighted by Gasteiger charge is 2.17. The van der Waals surface area contributed by atoms with Gasteiger partial charge in [-0.2, -0.15) is 4.98 Å². The maximum Gasteiger partial charge on any atom is 0.240 e. The van der Waals surface area contributed by atoms with Crippen LogP contribution in [0.4, 0.5) is 0 Å². The summed E-state index contributed by atoms with van der Waals surface area (Å²) in [5.41, 5.74) is 1.42. The molecular weight excluding hydrogens is 314 g/mol. The average Bonchev–Trinajstić information content (AvgIpc) is 3.05. The molecule has 0 aliphatic carbocycles. The summed E-state index contributed by atoms with van der Waals surface area (Å²) in [6, 6.07) is 1.79. The van der Waals surface area contributed by atoms with Crippen molar-refractivity contribution in [2.45, 2.75) is 23.9 Å². The zero-order chi connectivity index (χ0) is 14.8. The van der Waals surface area contributed by atoms with Crippen molar-refractivity contribution >= 4 is 34.5 Å². The lowest BCUT2D eigenvalue weighted by atomic mass is 10.4. The number of pyridine rings is 1. The van der Waals surface area contributed by atoms with Crippen LogP contribution in [0.2, 0.25) is 5.02 Å². The lowest BCUT2D eigenvalue weighted by Gasteiger charge is -2.02. The van der Waals surface area contributed by atoms with Gasteiger partial charge in [-0.15, -0.1) is 0 Å². The second-order valence-electron chi connectivity index (χ2n) is 4.31. The van der Waals surface area contributed by atoms with Crippen molar-refractivity contribution < 1.29 is 9.26 Å². The van der Waals surface area contributed by atoms with Crippen LogP contribution in [-0.2, 0) is 11.3 Å². The molecule has 21 heavy (non-hydrogen) atoms. The van der Waals surface area contributed by atoms with E-state index in [2.05, 4.69) is 25.1 Å². The number of halogens is 1. The van der Waals surface area contributed by atoms with Gasteiger partial charge in [-0.25, -0.2) is 9.97 Å². The van der Waals surface area contributed by atoms with E-state index in [0.29, 0.717) is 29.0 Å². The van der Waals surface area contributed by atoms with E-state index in [1.54, 1.807) is 19.4 Å². The molecule has 0 aromatic carbocycles. The molecule has 3 rings (SSSR count). The zero-order valence-electron chi connectivity index (χ0n) is 11.3. The van der Waals surface area contributed by atoms with Crippen LogP contribution in [0.1, 0.15) is 23.9 Å². The highest BCUT2D eigenvalue weighted by molar-refractivity contribution is 7.99. The predicted molar refractivity (Wildman–Crippen MR) is 78.2 cm³/mol. The lowest BCUT2D eigenvalue weighted by Crippen LogP contribution is -1.93. The number of thioether (sulfide) groups is 1. The number of methoxy groups -OCH3 is 1. The van der Waals surface area contributed by atoms with Gasteiger partial charge in [0.25, 0.3) is 0 Å². The minimum Gasteiger partial charge on any atom is -0.377 e. The van der Waals surface area contributed by atoms with Gasteiger partial charge in [0.05, 0.1) is 15.8 Å². The Hall–Kier alpha value is -1.64. The van der Waals surface area contributed by atoms with Crippen molar-refractivity contribution in [3.05, 3.63) is 29.0 Å². The Bertz CT molecular complexity index is 759. The minimum absolute atomic E-state index is 0.0425. The largest absolute Gasteiger partial charge is 0.377 e. The molecule has 9 heteroatoms. The molecule has 0 spiro atoms. The molecule has 0 radical (unpaired) electrons. The molecule has 0 aliphatic rings. The Kier molecular flexibility index (Phi) is 4.09. The van der Waals surface area contributed by atoms with Crippen molar-refractivity contribution in [3.63, 3.8) is 0 Å². The van der Waals surface area contributed by atoms with Crippen LogP contribution in [0.25, 0.3) is 11.2 Å². The zero-order valence-corrected chi connectivity index (χ0v) is 12.9. The fourth-order valence-electron chi connectivity index (χ4n) is 1.75. The first kappa shape index (κ1) is 14.3. The van der Waals surface area contributed by atoms with Gasteiger partial charge in [0.1, 0.15) is 6.61 Å². The smallest absolute Gasteiger partial charge is 0.240 e. The summed E-state index contributed by atoms with van der Waals surface area (Å²) in [5.74, 6) is 1.05.